The molecule has 1 fully saturated rings. The lowest BCUT2D eigenvalue weighted by molar-refractivity contribution is -0.289. The molecule has 2 heterocycles. The molecule has 1 aliphatic rings. The van der Waals surface area contributed by atoms with Crippen LogP contribution in [0.5, 0.6) is 11.6 Å². The second kappa shape index (κ2) is 19.6. The summed E-state index contributed by atoms with van der Waals surface area (Å²) in [6.07, 6.45) is -5.68. The normalized spacial score (nSPS) is 19.4. The second-order valence-corrected chi connectivity index (χ2v) is 13.1. The van der Waals surface area contributed by atoms with Gasteiger partial charge in [-0.1, -0.05) is 50.2 Å². The molecule has 0 spiro atoms. The number of carbonyl (C=O) groups is 5. The van der Waals surface area contributed by atoms with Crippen molar-refractivity contribution in [2.75, 3.05) is 13.2 Å². The molecule has 5 atom stereocenters. The van der Waals surface area contributed by atoms with E-state index in [2.05, 4.69) is 10.2 Å². The van der Waals surface area contributed by atoms with E-state index in [4.69, 9.17) is 37.9 Å². The van der Waals surface area contributed by atoms with Gasteiger partial charge in [0.1, 0.15) is 25.1 Å². The van der Waals surface area contributed by atoms with Crippen LogP contribution in [0.15, 0.2) is 48.5 Å². The van der Waals surface area contributed by atoms with Crippen molar-refractivity contribution in [1.82, 2.24) is 10.2 Å². The highest BCUT2D eigenvalue weighted by Gasteiger charge is 2.53. The lowest BCUT2D eigenvalue weighted by Crippen LogP contribution is -2.63. The number of ether oxygens (including phenoxy) is 8. The third kappa shape index (κ3) is 12.0. The molecule has 2 aromatic carbocycles. The van der Waals surface area contributed by atoms with E-state index in [-0.39, 0.29) is 30.8 Å². The molecular weight excluding hydrogens is 704 g/mol. The van der Waals surface area contributed by atoms with E-state index in [0.717, 1.165) is 43.2 Å². The number of nitrogens with one attached hydrogen (secondary N) is 1. The monoisotopic (exact) mass is 752 g/mol. The topological polar surface area (TPSA) is 188 Å². The summed E-state index contributed by atoms with van der Waals surface area (Å²) in [6, 6.07) is 15.1. The lowest BCUT2D eigenvalue weighted by Gasteiger charge is -2.43. The molecule has 54 heavy (non-hydrogen) atoms. The SMILES string of the molecule is CC(=O)OC[C@H]1O[C@@H](Oc2n[nH]c(C(C)C)c2Cc2ccc(OCCCC(=O)OCc3ccccc3)cc2C)[C@H](OC(C)=O)[C@@H](OC(C)=O)[C@H]1OC(C)=O. The Bertz CT molecular complexity index is 1760. The number of hydrogen-bond acceptors (Lipinski definition) is 14. The number of carbonyl (C=O) groups excluding carboxylic acids is 5. The van der Waals surface area contributed by atoms with Crippen LogP contribution in [-0.2, 0) is 65.4 Å². The zero-order valence-electron chi connectivity index (χ0n) is 31.6. The molecule has 0 saturated carbocycles. The van der Waals surface area contributed by atoms with Gasteiger partial charge in [0.15, 0.2) is 12.2 Å². The third-order valence-corrected chi connectivity index (χ3v) is 8.33. The molecule has 1 aliphatic heterocycles. The van der Waals surface area contributed by atoms with Crippen molar-refractivity contribution in [3.05, 3.63) is 76.5 Å². The van der Waals surface area contributed by atoms with Crippen LogP contribution in [0, 0.1) is 6.92 Å². The fraction of sp³-hybridized carbons (Fsp3) is 0.487. The minimum atomic E-state index is -1.44. The van der Waals surface area contributed by atoms with Crippen molar-refractivity contribution in [3.8, 4) is 11.6 Å². The number of rotatable bonds is 17. The average molecular weight is 753 g/mol. The summed E-state index contributed by atoms with van der Waals surface area (Å²) in [7, 11) is 0. The number of nitrogens with zero attached hydrogens (tertiary/aromatic N) is 1. The maximum Gasteiger partial charge on any atom is 0.306 e. The summed E-state index contributed by atoms with van der Waals surface area (Å²) in [5.74, 6) is -2.42. The first-order valence-corrected chi connectivity index (χ1v) is 17.7. The molecule has 0 unspecified atom stereocenters. The summed E-state index contributed by atoms with van der Waals surface area (Å²) in [5, 5.41) is 7.46. The molecule has 3 aromatic rings. The van der Waals surface area contributed by atoms with Gasteiger partial charge in [0, 0.05) is 51.8 Å². The zero-order chi connectivity index (χ0) is 39.4. The minimum Gasteiger partial charge on any atom is -0.494 e. The molecule has 1 saturated heterocycles. The Hall–Kier alpha value is -5.44. The van der Waals surface area contributed by atoms with E-state index in [1.165, 1.54) is 6.92 Å². The molecule has 15 nitrogen and oxygen atoms in total. The summed E-state index contributed by atoms with van der Waals surface area (Å²) < 4.78 is 45.5. The minimum absolute atomic E-state index is 0.0115. The predicted molar refractivity (Wildman–Crippen MR) is 190 cm³/mol. The van der Waals surface area contributed by atoms with Gasteiger partial charge < -0.3 is 37.9 Å². The van der Waals surface area contributed by atoms with Crippen LogP contribution in [0.3, 0.4) is 0 Å². The van der Waals surface area contributed by atoms with Crippen LogP contribution in [0.2, 0.25) is 0 Å². The standard InChI is InChI=1S/C39H48N2O13/c1-22(2)34-31(19-29-15-16-30(18-23(29)3)47-17-11-14-33(46)49-20-28-12-9-8-10-13-28)38(41-40-34)54-39-37(52-27(7)45)36(51-26(6)44)35(50-25(5)43)32(53-39)21-48-24(4)42/h8-10,12-13,15-16,18,22,32,35-37,39H,11,14,17,19-21H2,1-7H3,(H,40,41)/t32-,35+,36+,37-,39+/m1/s1. The number of esters is 5. The number of aromatic nitrogens is 2. The van der Waals surface area contributed by atoms with Crippen LogP contribution < -0.4 is 9.47 Å². The van der Waals surface area contributed by atoms with Gasteiger partial charge in [-0.05, 0) is 48.1 Å². The number of aryl methyl sites for hydroxylation is 1. The molecule has 292 valence electrons. The van der Waals surface area contributed by atoms with E-state index < -0.39 is 61.2 Å². The van der Waals surface area contributed by atoms with Crippen LogP contribution in [0.1, 0.15) is 88.2 Å². The number of hydrogen-bond donors (Lipinski definition) is 1. The zero-order valence-corrected chi connectivity index (χ0v) is 31.6. The molecule has 1 aromatic heterocycles. The number of H-pyrrole nitrogens is 1. The second-order valence-electron chi connectivity index (χ2n) is 13.1. The molecular formula is C39H48N2O13. The highest BCUT2D eigenvalue weighted by Crippen LogP contribution is 2.35. The molecule has 15 heteroatoms. The summed E-state index contributed by atoms with van der Waals surface area (Å²) in [6.45, 7) is 10.7. The molecule has 4 rings (SSSR count). The van der Waals surface area contributed by atoms with Gasteiger partial charge >= 0.3 is 29.8 Å². The summed E-state index contributed by atoms with van der Waals surface area (Å²) >= 11 is 0. The molecule has 1 N–H and O–H groups in total. The fourth-order valence-electron chi connectivity index (χ4n) is 5.86. The fourth-order valence-corrected chi connectivity index (χ4v) is 5.86. The van der Waals surface area contributed by atoms with Crippen LogP contribution in [0.25, 0.3) is 0 Å². The van der Waals surface area contributed by atoms with Gasteiger partial charge in [-0.15, -0.1) is 5.10 Å². The Morgan fingerprint density at radius 3 is 2.13 bits per heavy atom. The molecule has 0 radical (unpaired) electrons. The first-order valence-electron chi connectivity index (χ1n) is 17.7. The van der Waals surface area contributed by atoms with Crippen LogP contribution in [0.4, 0.5) is 0 Å². The lowest BCUT2D eigenvalue weighted by atomic mass is 9.96. The third-order valence-electron chi connectivity index (χ3n) is 8.33. The number of aromatic amines is 1. The van der Waals surface area contributed by atoms with Crippen molar-refractivity contribution in [1.29, 1.82) is 0 Å². The summed E-state index contributed by atoms with van der Waals surface area (Å²) in [5.41, 5.74) is 4.23. The van der Waals surface area contributed by atoms with Crippen molar-refractivity contribution < 1.29 is 61.9 Å². The Labute approximate surface area is 313 Å². The average Bonchev–Trinajstić information content (AvgIpc) is 3.50. The van der Waals surface area contributed by atoms with E-state index in [0.29, 0.717) is 30.8 Å². The van der Waals surface area contributed by atoms with Gasteiger partial charge in [-0.25, -0.2) is 0 Å². The van der Waals surface area contributed by atoms with Crippen LogP contribution >= 0.6 is 0 Å². The van der Waals surface area contributed by atoms with Crippen molar-refractivity contribution in [2.45, 2.75) is 111 Å². The Balaban J connectivity index is 1.51. The largest absolute Gasteiger partial charge is 0.494 e. The first kappa shape index (κ1) is 41.3. The van der Waals surface area contributed by atoms with E-state index in [9.17, 15) is 24.0 Å². The van der Waals surface area contributed by atoms with E-state index in [1.54, 1.807) is 0 Å². The van der Waals surface area contributed by atoms with E-state index in [1.807, 2.05) is 69.3 Å². The maximum absolute atomic E-state index is 12.3. The highest BCUT2D eigenvalue weighted by molar-refractivity contribution is 5.69. The predicted octanol–water partition coefficient (Wildman–Crippen LogP) is 4.80. The smallest absolute Gasteiger partial charge is 0.306 e. The van der Waals surface area contributed by atoms with Gasteiger partial charge in [-0.3, -0.25) is 29.1 Å². The van der Waals surface area contributed by atoms with E-state index >= 15 is 0 Å². The Morgan fingerprint density at radius 1 is 0.833 bits per heavy atom. The molecule has 0 bridgehead atoms. The Morgan fingerprint density at radius 2 is 1.50 bits per heavy atom. The van der Waals surface area contributed by atoms with Gasteiger partial charge in [0.25, 0.3) is 0 Å². The van der Waals surface area contributed by atoms with Gasteiger partial charge in [0.2, 0.25) is 18.3 Å². The molecule has 0 aliphatic carbocycles. The van der Waals surface area contributed by atoms with Crippen molar-refractivity contribution in [3.63, 3.8) is 0 Å². The molecule has 0 amide bonds. The maximum atomic E-state index is 12.3. The van der Waals surface area contributed by atoms with Crippen molar-refractivity contribution in [2.24, 2.45) is 0 Å². The highest BCUT2D eigenvalue weighted by atomic mass is 16.7. The summed E-state index contributed by atoms with van der Waals surface area (Å²) in [4.78, 5) is 60.6. The Kier molecular flexibility index (Phi) is 15.0. The van der Waals surface area contributed by atoms with Crippen LogP contribution in [-0.4, -0.2) is 84.0 Å². The van der Waals surface area contributed by atoms with Gasteiger partial charge in [0.05, 0.1) is 6.61 Å². The van der Waals surface area contributed by atoms with Gasteiger partial charge in [-0.2, -0.15) is 0 Å². The van der Waals surface area contributed by atoms with Crippen molar-refractivity contribution >= 4 is 29.8 Å². The quantitative estimate of drug-likeness (QED) is 0.113. The first-order chi connectivity index (χ1) is 25.7. The number of benzene rings is 2.